The van der Waals surface area contributed by atoms with Crippen LogP contribution < -0.4 is 0 Å². The molecule has 2 aromatic heterocycles. The largest absolute Gasteiger partial charge is 0.334 e. The molecule has 0 atom stereocenters. The minimum atomic E-state index is 0.134. The molecule has 27 heavy (non-hydrogen) atoms. The van der Waals surface area contributed by atoms with Gasteiger partial charge in [-0.25, -0.2) is 0 Å². The van der Waals surface area contributed by atoms with E-state index in [4.69, 9.17) is 4.98 Å². The molecule has 1 aliphatic heterocycles. The van der Waals surface area contributed by atoms with Crippen LogP contribution in [0.4, 0.5) is 0 Å². The van der Waals surface area contributed by atoms with Gasteiger partial charge in [0.2, 0.25) is 0 Å². The number of hydrogen-bond acceptors (Lipinski definition) is 3. The molecule has 0 saturated carbocycles. The Hall–Kier alpha value is -2.98. The lowest BCUT2D eigenvalue weighted by molar-refractivity contribution is 0.0780. The zero-order chi connectivity index (χ0) is 18.2. The van der Waals surface area contributed by atoms with Gasteiger partial charge in [-0.05, 0) is 29.1 Å². The summed E-state index contributed by atoms with van der Waals surface area (Å²) in [5.74, 6) is 0.134. The summed E-state index contributed by atoms with van der Waals surface area (Å²) in [6, 6.07) is 22.6. The molecule has 1 amide bonds. The highest BCUT2D eigenvalue weighted by Crippen LogP contribution is 2.34. The molecule has 0 radical (unpaired) electrons. The third kappa shape index (κ3) is 2.92. The molecule has 0 saturated heterocycles. The molecule has 0 fully saturated rings. The zero-order valence-electron chi connectivity index (χ0n) is 14.8. The number of aromatic nitrogens is 1. The maximum atomic E-state index is 13.1. The Kier molecular flexibility index (Phi) is 3.98. The van der Waals surface area contributed by atoms with Crippen molar-refractivity contribution in [3.05, 3.63) is 88.9 Å². The maximum absolute atomic E-state index is 13.1. The third-order valence-corrected chi connectivity index (χ3v) is 6.00. The number of hydrogen-bond donors (Lipinski definition) is 0. The number of carbonyl (C=O) groups is 1. The van der Waals surface area contributed by atoms with Gasteiger partial charge in [0.05, 0.1) is 11.1 Å². The van der Waals surface area contributed by atoms with Gasteiger partial charge in [0.15, 0.2) is 0 Å². The molecule has 1 aliphatic rings. The van der Waals surface area contributed by atoms with Gasteiger partial charge >= 0.3 is 0 Å². The van der Waals surface area contributed by atoms with Crippen molar-refractivity contribution in [3.63, 3.8) is 0 Å². The quantitative estimate of drug-likeness (QED) is 0.497. The molecular weight excluding hydrogens is 352 g/mol. The zero-order valence-corrected chi connectivity index (χ0v) is 15.6. The Morgan fingerprint density at radius 2 is 1.89 bits per heavy atom. The van der Waals surface area contributed by atoms with E-state index in [9.17, 15) is 4.79 Å². The van der Waals surface area contributed by atoms with Crippen molar-refractivity contribution in [3.8, 4) is 10.4 Å². The SMILES string of the molecule is O=C1c2c(cccc2-c2cccs2)CN1CCc1ccc2ccccc2n1. The second-order valence-electron chi connectivity index (χ2n) is 6.79. The maximum Gasteiger partial charge on any atom is 0.255 e. The van der Waals surface area contributed by atoms with Crippen LogP contribution in [0.5, 0.6) is 0 Å². The fourth-order valence-electron chi connectivity index (χ4n) is 3.73. The molecule has 0 aliphatic carbocycles. The minimum Gasteiger partial charge on any atom is -0.334 e. The second kappa shape index (κ2) is 6.63. The van der Waals surface area contributed by atoms with E-state index in [-0.39, 0.29) is 5.91 Å². The highest BCUT2D eigenvalue weighted by atomic mass is 32.1. The Labute approximate surface area is 161 Å². The number of rotatable bonds is 4. The van der Waals surface area contributed by atoms with E-state index < -0.39 is 0 Å². The minimum absolute atomic E-state index is 0.134. The van der Waals surface area contributed by atoms with Gasteiger partial charge < -0.3 is 4.90 Å². The average molecular weight is 370 g/mol. The number of thiophene rings is 1. The van der Waals surface area contributed by atoms with E-state index in [1.807, 2.05) is 29.2 Å². The van der Waals surface area contributed by atoms with Crippen LogP contribution >= 0.6 is 11.3 Å². The van der Waals surface area contributed by atoms with E-state index in [2.05, 4.69) is 47.8 Å². The van der Waals surface area contributed by atoms with Gasteiger partial charge in [-0.3, -0.25) is 9.78 Å². The smallest absolute Gasteiger partial charge is 0.255 e. The van der Waals surface area contributed by atoms with Crippen molar-refractivity contribution in [1.82, 2.24) is 9.88 Å². The Balaban J connectivity index is 1.37. The average Bonchev–Trinajstić information content (AvgIpc) is 3.35. The fourth-order valence-corrected chi connectivity index (χ4v) is 4.49. The number of nitrogens with zero attached hydrogens (tertiary/aromatic N) is 2. The van der Waals surface area contributed by atoms with Crippen LogP contribution in [0.1, 0.15) is 21.6 Å². The lowest BCUT2D eigenvalue weighted by atomic mass is 10.0. The molecule has 0 unspecified atom stereocenters. The first-order chi connectivity index (χ1) is 13.3. The number of benzene rings is 2. The molecule has 0 bridgehead atoms. The van der Waals surface area contributed by atoms with Crippen molar-refractivity contribution < 1.29 is 4.79 Å². The van der Waals surface area contributed by atoms with E-state index in [1.165, 1.54) is 0 Å². The van der Waals surface area contributed by atoms with Gasteiger partial charge in [0, 0.05) is 41.0 Å². The van der Waals surface area contributed by atoms with Crippen LogP contribution in [0.3, 0.4) is 0 Å². The lowest BCUT2D eigenvalue weighted by Gasteiger charge is -2.15. The van der Waals surface area contributed by atoms with Crippen molar-refractivity contribution in [2.24, 2.45) is 0 Å². The predicted molar refractivity (Wildman–Crippen MR) is 110 cm³/mol. The molecule has 132 valence electrons. The van der Waals surface area contributed by atoms with Gasteiger partial charge in [0.25, 0.3) is 5.91 Å². The van der Waals surface area contributed by atoms with E-state index in [0.717, 1.165) is 44.6 Å². The molecule has 3 heterocycles. The second-order valence-corrected chi connectivity index (χ2v) is 7.74. The van der Waals surface area contributed by atoms with Crippen LogP contribution in [0.2, 0.25) is 0 Å². The standard InChI is InChI=1S/C23H18N2OS/c26-23-22-17(6-3-7-19(22)21-9-4-14-27-21)15-25(23)13-12-18-11-10-16-5-1-2-8-20(16)24-18/h1-11,14H,12-13,15H2. The Morgan fingerprint density at radius 1 is 0.963 bits per heavy atom. The molecule has 4 aromatic rings. The van der Waals surface area contributed by atoms with Crippen LogP contribution in [-0.2, 0) is 13.0 Å². The summed E-state index contributed by atoms with van der Waals surface area (Å²) in [5, 5.41) is 3.20. The number of amides is 1. The summed E-state index contributed by atoms with van der Waals surface area (Å²) in [5.41, 5.74) is 5.07. The van der Waals surface area contributed by atoms with Crippen molar-refractivity contribution in [1.29, 1.82) is 0 Å². The molecule has 0 N–H and O–H groups in total. The van der Waals surface area contributed by atoms with Crippen molar-refractivity contribution in [2.45, 2.75) is 13.0 Å². The van der Waals surface area contributed by atoms with E-state index in [1.54, 1.807) is 11.3 Å². The fraction of sp³-hybridized carbons (Fsp3) is 0.130. The lowest BCUT2D eigenvalue weighted by Crippen LogP contribution is -2.26. The normalized spacial score (nSPS) is 13.3. The van der Waals surface area contributed by atoms with Crippen molar-refractivity contribution in [2.75, 3.05) is 6.54 Å². The summed E-state index contributed by atoms with van der Waals surface area (Å²) < 4.78 is 0. The monoisotopic (exact) mass is 370 g/mol. The third-order valence-electron chi connectivity index (χ3n) is 5.09. The molecule has 4 heteroatoms. The van der Waals surface area contributed by atoms with E-state index >= 15 is 0 Å². The van der Waals surface area contributed by atoms with Crippen LogP contribution in [0, 0.1) is 0 Å². The number of para-hydroxylation sites is 1. The number of pyridine rings is 1. The molecule has 2 aromatic carbocycles. The van der Waals surface area contributed by atoms with Gasteiger partial charge in [-0.2, -0.15) is 0 Å². The first-order valence-corrected chi connectivity index (χ1v) is 9.97. The van der Waals surface area contributed by atoms with Gasteiger partial charge in [-0.1, -0.05) is 48.5 Å². The first kappa shape index (κ1) is 16.2. The van der Waals surface area contributed by atoms with Gasteiger partial charge in [0.1, 0.15) is 0 Å². The number of fused-ring (bicyclic) bond motifs is 2. The highest BCUT2D eigenvalue weighted by Gasteiger charge is 2.30. The summed E-state index contributed by atoms with van der Waals surface area (Å²) in [4.78, 5) is 20.9. The first-order valence-electron chi connectivity index (χ1n) is 9.09. The summed E-state index contributed by atoms with van der Waals surface area (Å²) in [6.45, 7) is 1.36. The highest BCUT2D eigenvalue weighted by molar-refractivity contribution is 7.13. The topological polar surface area (TPSA) is 33.2 Å². The van der Waals surface area contributed by atoms with Crippen LogP contribution in [0.15, 0.2) is 72.1 Å². The summed E-state index contributed by atoms with van der Waals surface area (Å²) in [7, 11) is 0. The van der Waals surface area contributed by atoms with E-state index in [0.29, 0.717) is 13.1 Å². The summed E-state index contributed by atoms with van der Waals surface area (Å²) >= 11 is 1.68. The summed E-state index contributed by atoms with van der Waals surface area (Å²) in [6.07, 6.45) is 0.763. The molecular formula is C23H18N2OS. The predicted octanol–water partition coefficient (Wildman–Crippen LogP) is 5.16. The molecule has 3 nitrogen and oxygen atoms in total. The van der Waals surface area contributed by atoms with Crippen molar-refractivity contribution >= 4 is 28.1 Å². The van der Waals surface area contributed by atoms with Crippen LogP contribution in [-0.4, -0.2) is 22.3 Å². The number of carbonyl (C=O) groups excluding carboxylic acids is 1. The Bertz CT molecular complexity index is 1130. The van der Waals surface area contributed by atoms with Crippen LogP contribution in [0.25, 0.3) is 21.3 Å². The Morgan fingerprint density at radius 3 is 2.78 bits per heavy atom. The van der Waals surface area contributed by atoms with Gasteiger partial charge in [-0.15, -0.1) is 11.3 Å². The molecule has 0 spiro atoms. The molecule has 5 rings (SSSR count).